The van der Waals surface area contributed by atoms with Gasteiger partial charge in [-0.3, -0.25) is 9.59 Å². The molecule has 2 N–H and O–H groups in total. The van der Waals surface area contributed by atoms with Crippen molar-refractivity contribution in [2.45, 2.75) is 33.1 Å². The van der Waals surface area contributed by atoms with Crippen LogP contribution in [-0.4, -0.2) is 31.2 Å². The summed E-state index contributed by atoms with van der Waals surface area (Å²) in [5, 5.41) is 11.8. The van der Waals surface area contributed by atoms with Gasteiger partial charge < -0.3 is 15.0 Å². The van der Waals surface area contributed by atoms with Crippen LogP contribution in [-0.2, 0) is 16.0 Å². The minimum Gasteiger partial charge on any atom is -0.385 e. The van der Waals surface area contributed by atoms with Gasteiger partial charge in [-0.1, -0.05) is 0 Å². The van der Waals surface area contributed by atoms with Crippen molar-refractivity contribution in [3.63, 3.8) is 0 Å². The number of carbonyl (C=O) groups excluding carboxylic acids is 1. The summed E-state index contributed by atoms with van der Waals surface area (Å²) in [5.74, 6) is -0.0467. The molecule has 0 bridgehead atoms. The van der Waals surface area contributed by atoms with Gasteiger partial charge in [0.25, 0.3) is 5.56 Å². The Morgan fingerprint density at radius 2 is 2.14 bits per heavy atom. The van der Waals surface area contributed by atoms with E-state index in [1.54, 1.807) is 21.0 Å². The predicted molar refractivity (Wildman–Crippen MR) is 79.1 cm³/mol. The number of hydrogen-bond acceptors (Lipinski definition) is 4. The third kappa shape index (κ3) is 4.72. The lowest BCUT2D eigenvalue weighted by atomic mass is 9.99. The molecule has 0 saturated carbocycles. The van der Waals surface area contributed by atoms with E-state index in [2.05, 4.69) is 10.3 Å². The fourth-order valence-corrected chi connectivity index (χ4v) is 2.19. The van der Waals surface area contributed by atoms with Crippen molar-refractivity contribution in [1.82, 2.24) is 10.3 Å². The SMILES string of the molecule is COCCCNC(=O)CCc1c(C)[nH]c(=O)c(C#N)c1C. The second kappa shape index (κ2) is 8.22. The van der Waals surface area contributed by atoms with Crippen LogP contribution in [0.2, 0.25) is 0 Å². The Hall–Kier alpha value is -2.13. The Bertz CT molecular complexity index is 599. The molecule has 0 aromatic carbocycles. The lowest BCUT2D eigenvalue weighted by molar-refractivity contribution is -0.121. The standard InChI is InChI=1S/C15H21N3O3/c1-10-12(11(2)18-15(20)13(10)9-16)5-6-14(19)17-7-4-8-21-3/h4-8H2,1-3H3,(H,17,19)(H,18,20). The number of rotatable bonds is 7. The van der Waals surface area contributed by atoms with Gasteiger partial charge in [-0.2, -0.15) is 5.26 Å². The van der Waals surface area contributed by atoms with E-state index in [0.29, 0.717) is 37.3 Å². The second-order valence-electron chi connectivity index (χ2n) is 4.87. The number of nitrogens with zero attached hydrogens (tertiary/aromatic N) is 1. The van der Waals surface area contributed by atoms with E-state index >= 15 is 0 Å². The van der Waals surface area contributed by atoms with Gasteiger partial charge in [-0.05, 0) is 37.8 Å². The van der Waals surface area contributed by atoms with Crippen molar-refractivity contribution in [2.75, 3.05) is 20.3 Å². The lowest BCUT2D eigenvalue weighted by Gasteiger charge is -2.11. The molecule has 1 aromatic heterocycles. The molecule has 0 fully saturated rings. The lowest BCUT2D eigenvalue weighted by Crippen LogP contribution is -2.26. The summed E-state index contributed by atoms with van der Waals surface area (Å²) in [4.78, 5) is 26.0. The van der Waals surface area contributed by atoms with Gasteiger partial charge in [-0.25, -0.2) is 0 Å². The maximum atomic E-state index is 11.7. The Morgan fingerprint density at radius 1 is 1.43 bits per heavy atom. The summed E-state index contributed by atoms with van der Waals surface area (Å²) in [6.45, 7) is 4.72. The number of methoxy groups -OCH3 is 1. The van der Waals surface area contributed by atoms with E-state index in [4.69, 9.17) is 10.00 Å². The van der Waals surface area contributed by atoms with Crippen molar-refractivity contribution in [3.8, 4) is 6.07 Å². The van der Waals surface area contributed by atoms with Crippen LogP contribution in [0.15, 0.2) is 4.79 Å². The van der Waals surface area contributed by atoms with Crippen molar-refractivity contribution >= 4 is 5.91 Å². The van der Waals surface area contributed by atoms with E-state index in [9.17, 15) is 9.59 Å². The van der Waals surface area contributed by atoms with Crippen LogP contribution in [0.1, 0.15) is 35.2 Å². The quantitative estimate of drug-likeness (QED) is 0.731. The molecular weight excluding hydrogens is 270 g/mol. The van der Waals surface area contributed by atoms with Crippen molar-refractivity contribution in [1.29, 1.82) is 5.26 Å². The minimum atomic E-state index is -0.375. The van der Waals surface area contributed by atoms with Gasteiger partial charge in [0.05, 0.1) is 0 Å². The van der Waals surface area contributed by atoms with Crippen molar-refractivity contribution in [2.24, 2.45) is 0 Å². The van der Waals surface area contributed by atoms with Crippen molar-refractivity contribution in [3.05, 3.63) is 32.7 Å². The topological polar surface area (TPSA) is 95.0 Å². The molecule has 0 unspecified atom stereocenters. The Morgan fingerprint density at radius 3 is 2.76 bits per heavy atom. The van der Waals surface area contributed by atoms with Crippen LogP contribution in [0.3, 0.4) is 0 Å². The molecule has 0 aliphatic heterocycles. The summed E-state index contributed by atoms with van der Waals surface area (Å²) < 4.78 is 4.91. The number of nitrogens with one attached hydrogen (secondary N) is 2. The Kier molecular flexibility index (Phi) is 6.63. The fraction of sp³-hybridized carbons (Fsp3) is 0.533. The first-order chi connectivity index (χ1) is 10.0. The summed E-state index contributed by atoms with van der Waals surface area (Å²) >= 11 is 0. The number of hydrogen-bond donors (Lipinski definition) is 2. The fourth-order valence-electron chi connectivity index (χ4n) is 2.19. The largest absolute Gasteiger partial charge is 0.385 e. The third-order valence-electron chi connectivity index (χ3n) is 3.37. The number of aromatic amines is 1. The molecule has 6 nitrogen and oxygen atoms in total. The molecule has 0 saturated heterocycles. The number of aryl methyl sites for hydroxylation is 1. The molecule has 0 radical (unpaired) electrons. The minimum absolute atomic E-state index is 0.0467. The predicted octanol–water partition coefficient (Wildman–Crippen LogP) is 0.949. The molecule has 0 atom stereocenters. The van der Waals surface area contributed by atoms with Gasteiger partial charge in [0.15, 0.2) is 0 Å². The maximum absolute atomic E-state index is 11.7. The van der Waals surface area contributed by atoms with Crippen LogP contribution in [0.4, 0.5) is 0 Å². The van der Waals surface area contributed by atoms with Crippen LogP contribution in [0.25, 0.3) is 0 Å². The molecule has 0 aliphatic rings. The zero-order valence-corrected chi connectivity index (χ0v) is 12.7. The van der Waals surface area contributed by atoms with Gasteiger partial charge in [0.2, 0.25) is 5.91 Å². The maximum Gasteiger partial charge on any atom is 0.266 e. The monoisotopic (exact) mass is 291 g/mol. The van der Waals surface area contributed by atoms with Gasteiger partial charge in [-0.15, -0.1) is 0 Å². The smallest absolute Gasteiger partial charge is 0.266 e. The number of carbonyl (C=O) groups is 1. The Balaban J connectivity index is 2.66. The third-order valence-corrected chi connectivity index (χ3v) is 3.37. The number of H-pyrrole nitrogens is 1. The summed E-state index contributed by atoms with van der Waals surface area (Å²) in [7, 11) is 1.62. The van der Waals surface area contributed by atoms with E-state index in [1.807, 2.05) is 6.07 Å². The van der Waals surface area contributed by atoms with Crippen molar-refractivity contribution < 1.29 is 9.53 Å². The molecule has 0 spiro atoms. The highest BCUT2D eigenvalue weighted by molar-refractivity contribution is 5.76. The molecule has 0 aliphatic carbocycles. The number of amides is 1. The van der Waals surface area contributed by atoms with E-state index < -0.39 is 0 Å². The first-order valence-corrected chi connectivity index (χ1v) is 6.89. The summed E-state index contributed by atoms with van der Waals surface area (Å²) in [6, 6.07) is 1.91. The first-order valence-electron chi connectivity index (χ1n) is 6.89. The molecule has 1 heterocycles. The van der Waals surface area contributed by atoms with Gasteiger partial charge >= 0.3 is 0 Å². The number of nitriles is 1. The highest BCUT2D eigenvalue weighted by Gasteiger charge is 2.13. The Labute approximate surface area is 124 Å². The summed E-state index contributed by atoms with van der Waals surface area (Å²) in [6.07, 6.45) is 1.60. The van der Waals surface area contributed by atoms with Crippen LogP contribution < -0.4 is 10.9 Å². The van der Waals surface area contributed by atoms with Crippen LogP contribution >= 0.6 is 0 Å². The molecule has 6 heteroatoms. The average Bonchev–Trinajstić information content (AvgIpc) is 2.43. The number of ether oxygens (including phenoxy) is 1. The van der Waals surface area contributed by atoms with E-state index in [-0.39, 0.29) is 17.0 Å². The van der Waals surface area contributed by atoms with E-state index in [1.165, 1.54) is 0 Å². The molecule has 1 amide bonds. The second-order valence-corrected chi connectivity index (χ2v) is 4.87. The first kappa shape index (κ1) is 16.9. The van der Waals surface area contributed by atoms with Gasteiger partial charge in [0, 0.05) is 32.4 Å². The highest BCUT2D eigenvalue weighted by atomic mass is 16.5. The molecule has 1 aromatic rings. The van der Waals surface area contributed by atoms with Crippen LogP contribution in [0, 0.1) is 25.2 Å². The van der Waals surface area contributed by atoms with E-state index in [0.717, 1.165) is 12.0 Å². The summed E-state index contributed by atoms with van der Waals surface area (Å²) in [5.41, 5.74) is 1.98. The number of pyridine rings is 1. The average molecular weight is 291 g/mol. The molecule has 114 valence electrons. The number of aromatic nitrogens is 1. The molecule has 1 rings (SSSR count). The highest BCUT2D eigenvalue weighted by Crippen LogP contribution is 2.14. The van der Waals surface area contributed by atoms with Crippen LogP contribution in [0.5, 0.6) is 0 Å². The zero-order valence-electron chi connectivity index (χ0n) is 12.7. The molecule has 21 heavy (non-hydrogen) atoms. The normalized spacial score (nSPS) is 10.2. The van der Waals surface area contributed by atoms with Gasteiger partial charge in [0.1, 0.15) is 11.6 Å². The molecular formula is C15H21N3O3. The zero-order chi connectivity index (χ0) is 15.8.